The van der Waals surface area contributed by atoms with Crippen molar-refractivity contribution in [3.05, 3.63) is 67.8 Å². The maximum absolute atomic E-state index is 2.75. The summed E-state index contributed by atoms with van der Waals surface area (Å²) in [4.78, 5) is 0. The fourth-order valence-electron chi connectivity index (χ4n) is 12.8. The Morgan fingerprint density at radius 1 is 0.612 bits per heavy atom. The van der Waals surface area contributed by atoms with E-state index in [0.29, 0.717) is 17.8 Å². The summed E-state index contributed by atoms with van der Waals surface area (Å²) in [6, 6.07) is 0. The highest BCUT2D eigenvalue weighted by molar-refractivity contribution is 6.11. The molecule has 0 amide bonds. The van der Waals surface area contributed by atoms with Gasteiger partial charge in [-0.1, -0.05) is 102 Å². The lowest BCUT2D eigenvalue weighted by molar-refractivity contribution is -0.260. The first-order valence-corrected chi connectivity index (χ1v) is 19.8. The molecule has 270 valence electrons. The maximum atomic E-state index is 2.75. The molecule has 0 nitrogen and oxygen atoms in total. The van der Waals surface area contributed by atoms with Gasteiger partial charge in [0.25, 0.3) is 0 Å². The van der Waals surface area contributed by atoms with Crippen LogP contribution >= 0.6 is 0 Å². The number of hydrogen-bond donors (Lipinski definition) is 0. The Morgan fingerprint density at radius 2 is 1.02 bits per heavy atom. The van der Waals surface area contributed by atoms with Crippen LogP contribution in [-0.2, 0) is 6.42 Å². The van der Waals surface area contributed by atoms with Gasteiger partial charge in [-0.25, -0.2) is 0 Å². The number of fused-ring (bicyclic) bond motifs is 2. The van der Waals surface area contributed by atoms with Crippen LogP contribution in [0.25, 0.3) is 21.5 Å². The molecule has 0 aromatic heterocycles. The summed E-state index contributed by atoms with van der Waals surface area (Å²) in [5.41, 5.74) is 15.6. The molecule has 3 aromatic carbocycles. The van der Waals surface area contributed by atoms with Gasteiger partial charge in [0.15, 0.2) is 0 Å². The van der Waals surface area contributed by atoms with E-state index < -0.39 is 0 Å². The summed E-state index contributed by atoms with van der Waals surface area (Å²) in [6.07, 6.45) is 8.70. The van der Waals surface area contributed by atoms with Crippen LogP contribution in [0.1, 0.15) is 152 Å². The molecule has 2 aliphatic rings. The molecular weight excluding hydrogens is 589 g/mol. The molecule has 0 saturated heterocycles. The molecular formula is C49H74. The second kappa shape index (κ2) is 11.5. The van der Waals surface area contributed by atoms with Crippen LogP contribution in [0.2, 0.25) is 0 Å². The summed E-state index contributed by atoms with van der Waals surface area (Å²) in [5.74, 6) is 1.75. The van der Waals surface area contributed by atoms with Crippen molar-refractivity contribution in [3.8, 4) is 0 Å². The van der Waals surface area contributed by atoms with Gasteiger partial charge in [0.05, 0.1) is 0 Å². The minimum atomic E-state index is 0.0401. The van der Waals surface area contributed by atoms with Gasteiger partial charge in [-0.2, -0.15) is 0 Å². The second-order valence-corrected chi connectivity index (χ2v) is 20.4. The number of benzene rings is 3. The fourth-order valence-corrected chi connectivity index (χ4v) is 12.8. The minimum Gasteiger partial charge on any atom is -0.0874 e. The molecule has 6 atom stereocenters. The van der Waals surface area contributed by atoms with E-state index >= 15 is 0 Å². The molecule has 0 heterocycles. The monoisotopic (exact) mass is 663 g/mol. The van der Waals surface area contributed by atoms with E-state index in [9.17, 15) is 0 Å². The Hall–Kier alpha value is -2.08. The van der Waals surface area contributed by atoms with Crippen LogP contribution in [-0.4, -0.2) is 0 Å². The topological polar surface area (TPSA) is 0 Å². The smallest absolute Gasteiger partial charge is 0.00559 e. The van der Waals surface area contributed by atoms with E-state index in [2.05, 4.69) is 158 Å². The molecule has 6 unspecified atom stereocenters. The molecule has 1 saturated carbocycles. The van der Waals surface area contributed by atoms with Gasteiger partial charge in [0.1, 0.15) is 0 Å². The Bertz CT molecular complexity index is 1800. The van der Waals surface area contributed by atoms with Crippen molar-refractivity contribution >= 4 is 21.5 Å². The van der Waals surface area contributed by atoms with E-state index in [1.807, 2.05) is 0 Å². The average Bonchev–Trinajstić information content (AvgIpc) is 3.28. The maximum Gasteiger partial charge on any atom is -0.00559 e. The lowest BCUT2D eigenvalue weighted by atomic mass is 9.30. The first-order valence-electron chi connectivity index (χ1n) is 19.8. The highest BCUT2D eigenvalue weighted by Gasteiger charge is 2.71. The zero-order valence-electron chi connectivity index (χ0n) is 36.0. The first-order chi connectivity index (χ1) is 22.2. The molecule has 0 spiro atoms. The van der Waals surface area contributed by atoms with Crippen LogP contribution in [0.4, 0.5) is 0 Å². The molecule has 0 bridgehead atoms. The van der Waals surface area contributed by atoms with Gasteiger partial charge in [-0.05, 0) is 203 Å². The Balaban J connectivity index is 1.97. The van der Waals surface area contributed by atoms with Crippen LogP contribution in [0.5, 0.6) is 0 Å². The van der Waals surface area contributed by atoms with Crippen molar-refractivity contribution in [1.82, 2.24) is 0 Å². The van der Waals surface area contributed by atoms with Crippen LogP contribution in [0, 0.1) is 113 Å². The third-order valence-electron chi connectivity index (χ3n) is 17.9. The lowest BCUT2D eigenvalue weighted by Gasteiger charge is -2.74. The van der Waals surface area contributed by atoms with Gasteiger partial charge in [-0.3, -0.25) is 0 Å². The minimum absolute atomic E-state index is 0.0401. The Kier molecular flexibility index (Phi) is 8.92. The van der Waals surface area contributed by atoms with E-state index in [0.717, 1.165) is 6.42 Å². The molecule has 5 rings (SSSR count). The molecule has 1 fully saturated rings. The molecule has 0 heteroatoms. The zero-order chi connectivity index (χ0) is 37.4. The number of allylic oxidation sites excluding steroid dienone is 2. The molecule has 0 aliphatic heterocycles. The fraction of sp³-hybridized carbons (Fsp3) is 0.673. The molecule has 0 N–H and O–H groups in total. The average molecular weight is 663 g/mol. The molecule has 49 heavy (non-hydrogen) atoms. The normalized spacial score (nSPS) is 31.3. The van der Waals surface area contributed by atoms with Crippen LogP contribution in [0.15, 0.2) is 12.2 Å². The largest absolute Gasteiger partial charge is 0.0874 e. The zero-order valence-corrected chi connectivity index (χ0v) is 36.0. The Labute approximate surface area is 303 Å². The van der Waals surface area contributed by atoms with E-state index in [1.54, 1.807) is 16.3 Å². The third kappa shape index (κ3) is 4.59. The molecule has 2 aliphatic carbocycles. The Morgan fingerprint density at radius 3 is 1.37 bits per heavy atom. The van der Waals surface area contributed by atoms with Gasteiger partial charge in [0.2, 0.25) is 0 Å². The van der Waals surface area contributed by atoms with Crippen molar-refractivity contribution in [2.24, 2.45) is 50.2 Å². The summed E-state index contributed by atoms with van der Waals surface area (Å²) in [6.45, 7) is 53.1. The second-order valence-electron chi connectivity index (χ2n) is 20.4. The third-order valence-corrected chi connectivity index (χ3v) is 17.9. The predicted molar refractivity (Wildman–Crippen MR) is 219 cm³/mol. The highest BCUT2D eigenvalue weighted by atomic mass is 14.8. The quantitative estimate of drug-likeness (QED) is 0.193. The summed E-state index contributed by atoms with van der Waals surface area (Å²) in [5, 5.41) is 6.15. The summed E-state index contributed by atoms with van der Waals surface area (Å²) >= 11 is 0. The van der Waals surface area contributed by atoms with Crippen LogP contribution in [0.3, 0.4) is 0 Å². The summed E-state index contributed by atoms with van der Waals surface area (Å²) in [7, 11) is 0. The van der Waals surface area contributed by atoms with Crippen molar-refractivity contribution < 1.29 is 0 Å². The van der Waals surface area contributed by atoms with Gasteiger partial charge >= 0.3 is 0 Å². The SMILES string of the molecule is CCC1C(C)C(C)(Cc2c3c(C)c(C)c(C)c(C)c3c(C)c3c(C)c(C)c(C)c(C)c23)C(C)(C)C(C)(C(C)(C)C)C1C1(C)C=CCC1(C)C. The summed E-state index contributed by atoms with van der Waals surface area (Å²) < 4.78 is 0. The number of hydrogen-bond acceptors (Lipinski definition) is 0. The predicted octanol–water partition coefficient (Wildman–Crippen LogP) is 14.7. The van der Waals surface area contributed by atoms with E-state index in [4.69, 9.17) is 0 Å². The van der Waals surface area contributed by atoms with Crippen molar-refractivity contribution in [1.29, 1.82) is 0 Å². The van der Waals surface area contributed by atoms with Gasteiger partial charge in [0, 0.05) is 0 Å². The van der Waals surface area contributed by atoms with E-state index in [-0.39, 0.29) is 32.5 Å². The molecule has 0 radical (unpaired) electrons. The lowest BCUT2D eigenvalue weighted by Crippen LogP contribution is -2.69. The highest BCUT2D eigenvalue weighted by Crippen LogP contribution is 2.77. The van der Waals surface area contributed by atoms with Crippen molar-refractivity contribution in [2.75, 3.05) is 0 Å². The van der Waals surface area contributed by atoms with Crippen LogP contribution < -0.4 is 0 Å². The van der Waals surface area contributed by atoms with Gasteiger partial charge in [-0.15, -0.1) is 0 Å². The van der Waals surface area contributed by atoms with E-state index in [1.165, 1.54) is 73.7 Å². The standard InChI is InChI=1S/C49H74/c1-22-37-36(11)48(20,46(17,18)49(21,44(12,13)14)43(37)47(19)25-23-24-45(47,15)16)26-38-41-33(8)29(4)27(2)31(6)39(41)35(10)40-32(7)28(3)30(5)34(9)42(38)40/h23,25,36-37,43H,22,24,26H2,1-21H3. The van der Waals surface area contributed by atoms with Crippen molar-refractivity contribution in [3.63, 3.8) is 0 Å². The number of rotatable bonds is 4. The first kappa shape index (κ1) is 38.2. The number of aryl methyl sites for hydroxylation is 5. The van der Waals surface area contributed by atoms with Crippen molar-refractivity contribution in [2.45, 2.75) is 165 Å². The molecule has 3 aromatic rings. The van der Waals surface area contributed by atoms with Gasteiger partial charge < -0.3 is 0 Å².